The van der Waals surface area contributed by atoms with E-state index in [1.54, 1.807) is 0 Å². The van der Waals surface area contributed by atoms with Crippen LogP contribution >= 0.6 is 12.6 Å². The van der Waals surface area contributed by atoms with Gasteiger partial charge in [-0.25, -0.2) is 0 Å². The summed E-state index contributed by atoms with van der Waals surface area (Å²) in [6.45, 7) is 6.16. The molecule has 0 bridgehead atoms. The van der Waals surface area contributed by atoms with E-state index in [0.29, 0.717) is 0 Å². The zero-order valence-electron chi connectivity index (χ0n) is 9.95. The molecular weight excluding hydrogens is 206 g/mol. The molecule has 1 aliphatic carbocycles. The maximum Gasteiger partial charge on any atom is 0.0593 e. The minimum Gasteiger partial charge on any atom is -0.379 e. The quantitative estimate of drug-likeness (QED) is 0.534. The molecule has 0 unspecified atom stereocenters. The van der Waals surface area contributed by atoms with Gasteiger partial charge in [-0.05, 0) is 19.4 Å². The van der Waals surface area contributed by atoms with Gasteiger partial charge in [-0.2, -0.15) is 12.6 Å². The van der Waals surface area contributed by atoms with Crippen LogP contribution in [0.3, 0.4) is 0 Å². The summed E-state index contributed by atoms with van der Waals surface area (Å²) in [5.41, 5.74) is 0. The lowest BCUT2D eigenvalue weighted by molar-refractivity contribution is 0.0868. The summed E-state index contributed by atoms with van der Waals surface area (Å²) in [5, 5.41) is 0. The van der Waals surface area contributed by atoms with E-state index in [0.717, 1.165) is 38.1 Å². The van der Waals surface area contributed by atoms with Crippen molar-refractivity contribution in [3.05, 3.63) is 0 Å². The first-order valence-electron chi connectivity index (χ1n) is 6.31. The number of thiol groups is 1. The van der Waals surface area contributed by atoms with Gasteiger partial charge in [0.05, 0.1) is 13.2 Å². The largest absolute Gasteiger partial charge is 0.379 e. The highest BCUT2D eigenvalue weighted by atomic mass is 32.1. The molecule has 2 nitrogen and oxygen atoms in total. The molecule has 0 radical (unpaired) electrons. The van der Waals surface area contributed by atoms with Crippen LogP contribution in [0.15, 0.2) is 0 Å². The summed E-state index contributed by atoms with van der Waals surface area (Å²) < 4.78 is 5.49. The number of hydrogen-bond acceptors (Lipinski definition) is 3. The van der Waals surface area contributed by atoms with Crippen molar-refractivity contribution >= 4 is 12.6 Å². The molecule has 0 heterocycles. The van der Waals surface area contributed by atoms with E-state index in [2.05, 4.69) is 24.5 Å². The number of nitrogens with zero attached hydrogens (tertiary/aromatic N) is 1. The van der Waals surface area contributed by atoms with Gasteiger partial charge in [0.2, 0.25) is 0 Å². The molecule has 1 fully saturated rings. The van der Waals surface area contributed by atoms with Gasteiger partial charge >= 0.3 is 0 Å². The average Bonchev–Trinajstić information content (AvgIpc) is 2.30. The lowest BCUT2D eigenvalue weighted by Gasteiger charge is -2.33. The molecule has 1 rings (SSSR count). The molecule has 1 saturated carbocycles. The SMILES string of the molecule is CCN(CCOCCS)C1CCCCC1. The van der Waals surface area contributed by atoms with Gasteiger partial charge in [0.15, 0.2) is 0 Å². The predicted octanol–water partition coefficient (Wildman–Crippen LogP) is 2.59. The molecular formula is C12H25NOS. The number of rotatable bonds is 7. The summed E-state index contributed by atoms with van der Waals surface area (Å²) in [5.74, 6) is 0.829. The molecule has 0 aromatic carbocycles. The Kier molecular flexibility index (Phi) is 7.49. The normalized spacial score (nSPS) is 18.6. The van der Waals surface area contributed by atoms with Crippen molar-refractivity contribution in [3.8, 4) is 0 Å². The zero-order valence-corrected chi connectivity index (χ0v) is 10.8. The fourth-order valence-electron chi connectivity index (χ4n) is 2.39. The second kappa shape index (κ2) is 8.43. The molecule has 1 aliphatic rings. The standard InChI is InChI=1S/C12H25NOS/c1-2-13(8-9-14-10-11-15)12-6-4-3-5-7-12/h12,15H,2-11H2,1H3. The van der Waals surface area contributed by atoms with Crippen molar-refractivity contribution < 1.29 is 4.74 Å². The Bertz CT molecular complexity index is 149. The lowest BCUT2D eigenvalue weighted by Crippen LogP contribution is -2.38. The van der Waals surface area contributed by atoms with Crippen LogP contribution in [0.25, 0.3) is 0 Å². The first-order chi connectivity index (χ1) is 7.38. The van der Waals surface area contributed by atoms with Crippen LogP contribution < -0.4 is 0 Å². The highest BCUT2D eigenvalue weighted by Gasteiger charge is 2.19. The second-order valence-electron chi connectivity index (χ2n) is 4.26. The van der Waals surface area contributed by atoms with Crippen molar-refractivity contribution in [3.63, 3.8) is 0 Å². The van der Waals surface area contributed by atoms with Crippen LogP contribution in [0, 0.1) is 0 Å². The van der Waals surface area contributed by atoms with Gasteiger partial charge in [-0.15, -0.1) is 0 Å². The van der Waals surface area contributed by atoms with Crippen molar-refractivity contribution in [1.82, 2.24) is 4.90 Å². The average molecular weight is 231 g/mol. The summed E-state index contributed by atoms with van der Waals surface area (Å²) in [6.07, 6.45) is 7.04. The molecule has 0 amide bonds. The highest BCUT2D eigenvalue weighted by molar-refractivity contribution is 7.80. The summed E-state index contributed by atoms with van der Waals surface area (Å²) in [4.78, 5) is 2.58. The van der Waals surface area contributed by atoms with E-state index in [-0.39, 0.29) is 0 Å². The number of ether oxygens (including phenoxy) is 1. The minimum atomic E-state index is 0.783. The van der Waals surface area contributed by atoms with E-state index in [4.69, 9.17) is 4.74 Å². The monoisotopic (exact) mass is 231 g/mol. The topological polar surface area (TPSA) is 12.5 Å². The fourth-order valence-corrected chi connectivity index (χ4v) is 2.52. The maximum absolute atomic E-state index is 5.49. The van der Waals surface area contributed by atoms with E-state index in [1.807, 2.05) is 0 Å². The van der Waals surface area contributed by atoms with Crippen LogP contribution in [0.1, 0.15) is 39.0 Å². The van der Waals surface area contributed by atoms with Crippen LogP contribution in [0.4, 0.5) is 0 Å². The van der Waals surface area contributed by atoms with Crippen LogP contribution in [-0.2, 0) is 4.74 Å². The van der Waals surface area contributed by atoms with Crippen LogP contribution in [-0.4, -0.2) is 43.0 Å². The van der Waals surface area contributed by atoms with E-state index in [9.17, 15) is 0 Å². The highest BCUT2D eigenvalue weighted by Crippen LogP contribution is 2.22. The summed E-state index contributed by atoms with van der Waals surface area (Å²) in [7, 11) is 0. The Balaban J connectivity index is 2.15. The first kappa shape index (κ1) is 13.3. The third-order valence-corrected chi connectivity index (χ3v) is 3.44. The molecule has 90 valence electrons. The molecule has 0 aromatic heterocycles. The number of hydrogen-bond donors (Lipinski definition) is 1. The summed E-state index contributed by atoms with van der Waals surface area (Å²) >= 11 is 4.13. The molecule has 0 atom stereocenters. The van der Waals surface area contributed by atoms with Gasteiger partial charge in [0.1, 0.15) is 0 Å². The Morgan fingerprint density at radius 3 is 2.53 bits per heavy atom. The third kappa shape index (κ3) is 5.23. The second-order valence-corrected chi connectivity index (χ2v) is 4.70. The molecule has 0 aliphatic heterocycles. The van der Waals surface area contributed by atoms with Crippen molar-refractivity contribution in [2.75, 3.05) is 32.1 Å². The lowest BCUT2D eigenvalue weighted by atomic mass is 9.94. The van der Waals surface area contributed by atoms with E-state index >= 15 is 0 Å². The van der Waals surface area contributed by atoms with Crippen molar-refractivity contribution in [1.29, 1.82) is 0 Å². The molecule has 3 heteroatoms. The molecule has 0 spiro atoms. The summed E-state index contributed by atoms with van der Waals surface area (Å²) in [6, 6.07) is 0.823. The minimum absolute atomic E-state index is 0.783. The molecule has 15 heavy (non-hydrogen) atoms. The van der Waals surface area contributed by atoms with Gasteiger partial charge in [0.25, 0.3) is 0 Å². The van der Waals surface area contributed by atoms with Crippen molar-refractivity contribution in [2.24, 2.45) is 0 Å². The molecule has 0 N–H and O–H groups in total. The predicted molar refractivity (Wildman–Crippen MR) is 68.8 cm³/mol. The van der Waals surface area contributed by atoms with E-state index < -0.39 is 0 Å². The van der Waals surface area contributed by atoms with Crippen LogP contribution in [0.5, 0.6) is 0 Å². The van der Waals surface area contributed by atoms with Gasteiger partial charge in [0, 0.05) is 18.3 Å². The smallest absolute Gasteiger partial charge is 0.0593 e. The third-order valence-electron chi connectivity index (χ3n) is 3.26. The zero-order chi connectivity index (χ0) is 10.9. The van der Waals surface area contributed by atoms with Gasteiger partial charge in [-0.3, -0.25) is 4.90 Å². The first-order valence-corrected chi connectivity index (χ1v) is 6.94. The van der Waals surface area contributed by atoms with Crippen LogP contribution in [0.2, 0.25) is 0 Å². The fraction of sp³-hybridized carbons (Fsp3) is 1.00. The van der Waals surface area contributed by atoms with E-state index in [1.165, 1.54) is 32.1 Å². The Hall–Kier alpha value is 0.270. The van der Waals surface area contributed by atoms with Gasteiger partial charge < -0.3 is 4.74 Å². The number of likely N-dealkylation sites (N-methyl/N-ethyl adjacent to an activating group) is 1. The molecule has 0 aromatic rings. The Labute approximate surface area is 99.8 Å². The maximum atomic E-state index is 5.49. The Morgan fingerprint density at radius 2 is 1.93 bits per heavy atom. The van der Waals surface area contributed by atoms with Crippen molar-refractivity contribution in [2.45, 2.75) is 45.1 Å². The Morgan fingerprint density at radius 1 is 1.20 bits per heavy atom. The van der Waals surface area contributed by atoms with Gasteiger partial charge in [-0.1, -0.05) is 26.2 Å². The molecule has 0 saturated heterocycles.